The highest BCUT2D eigenvalue weighted by Crippen LogP contribution is 2.32. The Kier molecular flexibility index (Phi) is 8.28. The van der Waals surface area contributed by atoms with Crippen LogP contribution in [0.5, 0.6) is 5.75 Å². The molecular weight excluding hydrogens is 598 g/mol. The van der Waals surface area contributed by atoms with Gasteiger partial charge in [-0.05, 0) is 49.7 Å². The van der Waals surface area contributed by atoms with Gasteiger partial charge in [0.1, 0.15) is 6.07 Å². The number of ether oxygens (including phenoxy) is 1. The lowest BCUT2D eigenvalue weighted by Crippen LogP contribution is -2.54. The Hall–Kier alpha value is -5.13. The van der Waals surface area contributed by atoms with Gasteiger partial charge in [0.05, 0.1) is 23.5 Å². The molecule has 2 saturated heterocycles. The van der Waals surface area contributed by atoms with Crippen molar-refractivity contribution >= 4 is 29.0 Å². The molecule has 14 heteroatoms. The van der Waals surface area contributed by atoms with Crippen molar-refractivity contribution in [3.63, 3.8) is 0 Å². The van der Waals surface area contributed by atoms with Gasteiger partial charge in [0.15, 0.2) is 29.6 Å². The van der Waals surface area contributed by atoms with Crippen LogP contribution in [-0.2, 0) is 4.79 Å². The number of halogens is 2. The van der Waals surface area contributed by atoms with Gasteiger partial charge in [0.25, 0.3) is 5.91 Å². The number of imidazole rings is 1. The van der Waals surface area contributed by atoms with E-state index in [4.69, 9.17) is 10.00 Å². The number of anilines is 2. The molecule has 2 aromatic carbocycles. The van der Waals surface area contributed by atoms with E-state index in [1.54, 1.807) is 45.5 Å². The number of hydrogen-bond acceptors (Lipinski definition) is 9. The van der Waals surface area contributed by atoms with Gasteiger partial charge in [0, 0.05) is 68.4 Å². The average Bonchev–Trinajstić information content (AvgIpc) is 3.65. The van der Waals surface area contributed by atoms with Crippen molar-refractivity contribution < 1.29 is 28.2 Å². The highest BCUT2D eigenvalue weighted by atomic mass is 19.2. The number of carbonyl (C=O) groups is 2. The van der Waals surface area contributed by atoms with Crippen LogP contribution in [0.4, 0.5) is 20.3 Å². The summed E-state index contributed by atoms with van der Waals surface area (Å²) in [5, 5.41) is 25.1. The summed E-state index contributed by atoms with van der Waals surface area (Å²) in [4.78, 5) is 38.5. The number of rotatable bonds is 7. The maximum atomic E-state index is 15.0. The topological polar surface area (TPSA) is 148 Å². The van der Waals surface area contributed by atoms with Crippen LogP contribution in [0.1, 0.15) is 29.3 Å². The van der Waals surface area contributed by atoms with E-state index in [9.17, 15) is 23.5 Å². The smallest absolute Gasteiger partial charge is 0.254 e. The Morgan fingerprint density at radius 2 is 1.91 bits per heavy atom. The normalized spacial score (nSPS) is 19.7. The van der Waals surface area contributed by atoms with Crippen LogP contribution < -0.4 is 15.4 Å². The number of carbonyl (C=O) groups excluding carboxylic acids is 2. The molecule has 4 aromatic rings. The van der Waals surface area contributed by atoms with Crippen molar-refractivity contribution in [1.82, 2.24) is 29.5 Å². The summed E-state index contributed by atoms with van der Waals surface area (Å²) < 4.78 is 36.1. The SMILES string of the molecule is Cc1cc(Nc2nccn3c(-c4ccc(OCC#N)c(F)c4F)cnc23)ccc1C(=O)N1CCN(C(=O)C2C[C@](C)(O)CN2)CC1. The minimum atomic E-state index is -1.20. The van der Waals surface area contributed by atoms with E-state index < -0.39 is 29.9 Å². The van der Waals surface area contributed by atoms with E-state index in [1.165, 1.54) is 24.5 Å². The molecule has 4 heterocycles. The number of aryl methyl sites for hydroxylation is 1. The molecule has 2 fully saturated rings. The van der Waals surface area contributed by atoms with Crippen molar-refractivity contribution in [3.8, 4) is 23.1 Å². The zero-order valence-corrected chi connectivity index (χ0v) is 25.3. The van der Waals surface area contributed by atoms with Gasteiger partial charge in [-0.25, -0.2) is 14.4 Å². The van der Waals surface area contributed by atoms with E-state index in [1.807, 2.05) is 13.0 Å². The molecule has 2 aliphatic rings. The average molecular weight is 631 g/mol. The van der Waals surface area contributed by atoms with E-state index in [0.29, 0.717) is 61.9 Å². The molecule has 2 atom stereocenters. The Morgan fingerprint density at radius 3 is 2.61 bits per heavy atom. The number of nitrogens with one attached hydrogen (secondary N) is 2. The predicted octanol–water partition coefficient (Wildman–Crippen LogP) is 3.03. The molecule has 238 valence electrons. The summed E-state index contributed by atoms with van der Waals surface area (Å²) in [6, 6.07) is 9.22. The van der Waals surface area contributed by atoms with Gasteiger partial charge in [-0.15, -0.1) is 0 Å². The first-order valence-electron chi connectivity index (χ1n) is 14.8. The Morgan fingerprint density at radius 1 is 1.15 bits per heavy atom. The number of fused-ring (bicyclic) bond motifs is 1. The second kappa shape index (κ2) is 12.3. The van der Waals surface area contributed by atoms with Gasteiger partial charge in [-0.3, -0.25) is 14.0 Å². The molecule has 2 amide bonds. The number of β-amino-alcohol motifs (C(OH)–C–C–N with tert-alkyl or cyclic N) is 1. The van der Waals surface area contributed by atoms with Crippen molar-refractivity contribution in [1.29, 1.82) is 5.26 Å². The fraction of sp³-hybridized carbons (Fsp3) is 0.344. The number of nitrogens with zero attached hydrogens (tertiary/aromatic N) is 6. The summed E-state index contributed by atoms with van der Waals surface area (Å²) in [6.07, 6.45) is 4.85. The standard InChI is InChI=1S/C32H32F2N8O4/c1-19-15-20(3-4-21(19)30(43)40-10-12-41(13-11-40)31(44)23-16-32(2,45)18-38-23)39-28-29-37-17-24(42(29)9-8-36-28)22-5-6-25(46-14-7-35)27(34)26(22)33/h3-6,8-9,15,17,23,38,45H,10-14,16,18H2,1-2H3,(H,36,39)/t23?,32-/m0/s1. The Bertz CT molecular complexity index is 1860. The summed E-state index contributed by atoms with van der Waals surface area (Å²) in [5.74, 6) is -2.51. The van der Waals surface area contributed by atoms with E-state index in [2.05, 4.69) is 20.6 Å². The third-order valence-electron chi connectivity index (χ3n) is 8.31. The predicted molar refractivity (Wildman–Crippen MR) is 163 cm³/mol. The molecule has 0 bridgehead atoms. The molecule has 6 rings (SSSR count). The molecule has 3 N–H and O–H groups in total. The molecule has 0 saturated carbocycles. The van der Waals surface area contributed by atoms with Crippen LogP contribution in [-0.4, -0.2) is 92.1 Å². The lowest BCUT2D eigenvalue weighted by molar-refractivity contribution is -0.134. The maximum absolute atomic E-state index is 15.0. The maximum Gasteiger partial charge on any atom is 0.254 e. The number of amides is 2. The molecular formula is C32H32F2N8O4. The number of aromatic nitrogens is 3. The Labute approximate surface area is 263 Å². The third-order valence-corrected chi connectivity index (χ3v) is 8.31. The van der Waals surface area contributed by atoms with Crippen LogP contribution in [0.2, 0.25) is 0 Å². The molecule has 0 radical (unpaired) electrons. The van der Waals surface area contributed by atoms with Gasteiger partial charge >= 0.3 is 0 Å². The fourth-order valence-corrected chi connectivity index (χ4v) is 5.90. The number of aliphatic hydroxyl groups is 1. The number of benzene rings is 2. The minimum absolute atomic E-state index is 0.0429. The molecule has 2 aliphatic heterocycles. The monoisotopic (exact) mass is 630 g/mol. The van der Waals surface area contributed by atoms with Gasteiger partial charge in [-0.2, -0.15) is 9.65 Å². The number of hydrogen-bond donors (Lipinski definition) is 3. The van der Waals surface area contributed by atoms with E-state index in [-0.39, 0.29) is 28.8 Å². The quantitative estimate of drug-likeness (QED) is 0.280. The molecule has 2 aromatic heterocycles. The van der Waals surface area contributed by atoms with Gasteiger partial charge < -0.3 is 30.3 Å². The summed E-state index contributed by atoms with van der Waals surface area (Å²) in [7, 11) is 0. The van der Waals surface area contributed by atoms with Crippen LogP contribution in [0.3, 0.4) is 0 Å². The van der Waals surface area contributed by atoms with Crippen molar-refractivity contribution in [2.75, 3.05) is 44.6 Å². The van der Waals surface area contributed by atoms with Gasteiger partial charge in [-0.1, -0.05) is 0 Å². The third kappa shape index (κ3) is 5.94. The fourth-order valence-electron chi connectivity index (χ4n) is 5.90. The number of nitriles is 1. The zero-order valence-electron chi connectivity index (χ0n) is 25.3. The van der Waals surface area contributed by atoms with E-state index in [0.717, 1.165) is 5.56 Å². The molecule has 0 spiro atoms. The lowest BCUT2D eigenvalue weighted by atomic mass is 10.0. The Balaban J connectivity index is 1.14. The van der Waals surface area contributed by atoms with Gasteiger partial charge in [0.2, 0.25) is 11.7 Å². The van der Waals surface area contributed by atoms with E-state index >= 15 is 0 Å². The molecule has 1 unspecified atom stereocenters. The van der Waals surface area contributed by atoms with Crippen LogP contribution in [0.25, 0.3) is 16.9 Å². The van der Waals surface area contributed by atoms with Crippen LogP contribution in [0.15, 0.2) is 48.9 Å². The summed E-state index contributed by atoms with van der Waals surface area (Å²) in [5.41, 5.74) is 1.62. The second-order valence-corrected chi connectivity index (χ2v) is 11.7. The number of piperazine rings is 1. The lowest BCUT2D eigenvalue weighted by Gasteiger charge is -2.36. The molecule has 46 heavy (non-hydrogen) atoms. The highest BCUT2D eigenvalue weighted by molar-refractivity contribution is 5.96. The molecule has 12 nitrogen and oxygen atoms in total. The molecule has 0 aliphatic carbocycles. The highest BCUT2D eigenvalue weighted by Gasteiger charge is 2.39. The second-order valence-electron chi connectivity index (χ2n) is 11.7. The van der Waals surface area contributed by atoms with Crippen LogP contribution >= 0.6 is 0 Å². The van der Waals surface area contributed by atoms with Crippen molar-refractivity contribution in [2.24, 2.45) is 0 Å². The van der Waals surface area contributed by atoms with Crippen molar-refractivity contribution in [2.45, 2.75) is 31.9 Å². The zero-order chi connectivity index (χ0) is 32.6. The van der Waals surface area contributed by atoms with Crippen LogP contribution in [0, 0.1) is 29.9 Å². The van der Waals surface area contributed by atoms with Crippen molar-refractivity contribution in [3.05, 3.63) is 71.7 Å². The minimum Gasteiger partial charge on any atom is -0.476 e. The first-order valence-corrected chi connectivity index (χ1v) is 14.8. The summed E-state index contributed by atoms with van der Waals surface area (Å²) >= 11 is 0. The first kappa shape index (κ1) is 30.9. The largest absolute Gasteiger partial charge is 0.476 e. The first-order chi connectivity index (χ1) is 22.1. The summed E-state index contributed by atoms with van der Waals surface area (Å²) in [6.45, 7) is 5.15.